The summed E-state index contributed by atoms with van der Waals surface area (Å²) in [5, 5.41) is 12.7. The summed E-state index contributed by atoms with van der Waals surface area (Å²) >= 11 is 6.73. The molecule has 8 heteroatoms. The van der Waals surface area contributed by atoms with Gasteiger partial charge in [-0.05, 0) is 81.3 Å². The topological polar surface area (TPSA) is 63.1 Å². The van der Waals surface area contributed by atoms with E-state index in [2.05, 4.69) is 29.4 Å². The Morgan fingerprint density at radius 1 is 1.22 bits per heavy atom. The Morgan fingerprint density at radius 2 is 2.00 bits per heavy atom. The van der Waals surface area contributed by atoms with Crippen molar-refractivity contribution < 1.29 is 9.18 Å². The minimum absolute atomic E-state index is 0.0577. The number of hydrogen-bond donors (Lipinski definition) is 1. The Labute approximate surface area is 215 Å². The molecule has 0 bridgehead atoms. The highest BCUT2D eigenvalue weighted by Crippen LogP contribution is 2.50. The number of alkyl halides is 1. The second-order valence-corrected chi connectivity index (χ2v) is 11.5. The number of anilines is 1. The van der Waals surface area contributed by atoms with Crippen molar-refractivity contribution in [2.75, 3.05) is 4.90 Å². The molecular formula is C28H31ClFN5O. The third-order valence-electron chi connectivity index (χ3n) is 8.52. The summed E-state index contributed by atoms with van der Waals surface area (Å²) in [6.07, 6.45) is 5.06. The number of benzene rings is 2. The van der Waals surface area contributed by atoms with Gasteiger partial charge in [-0.2, -0.15) is 0 Å². The van der Waals surface area contributed by atoms with Gasteiger partial charge < -0.3 is 14.8 Å². The summed E-state index contributed by atoms with van der Waals surface area (Å²) in [4.78, 5) is 15.4. The van der Waals surface area contributed by atoms with Gasteiger partial charge >= 0.3 is 0 Å². The van der Waals surface area contributed by atoms with Crippen LogP contribution in [0.4, 0.5) is 10.1 Å². The summed E-state index contributed by atoms with van der Waals surface area (Å²) in [6, 6.07) is 11.9. The lowest BCUT2D eigenvalue weighted by molar-refractivity contribution is 0.0995. The standard InChI is InChI=1S/C28H31ClFN5O/c1-17(32-27(2)8-5-9-27)18-10-22-23(24(29)11-18)15-35(25(22)36)21-7-4-6-19(12-21)28(13-20(30)14-28)26-33-31-16-34(26)3/h4,6-7,10-12,16-17,20,32H,5,8-9,13-15H2,1-3H3/t17-,20-,28-/m0/s1. The number of amides is 1. The lowest BCUT2D eigenvalue weighted by atomic mass is 9.62. The van der Waals surface area contributed by atoms with Crippen molar-refractivity contribution in [1.82, 2.24) is 20.1 Å². The van der Waals surface area contributed by atoms with E-state index in [-0.39, 0.29) is 17.5 Å². The SMILES string of the molecule is C[C@H](NC1(C)CCC1)c1cc(Cl)c2c(c1)C(=O)N(c1cccc([C@]3(c4nncn4C)C[C@H](F)C3)c1)C2. The van der Waals surface area contributed by atoms with E-state index in [0.29, 0.717) is 30.0 Å². The number of carbonyl (C=O) groups is 1. The third-order valence-corrected chi connectivity index (χ3v) is 8.86. The van der Waals surface area contributed by atoms with Crippen molar-refractivity contribution in [3.63, 3.8) is 0 Å². The van der Waals surface area contributed by atoms with Crippen molar-refractivity contribution in [1.29, 1.82) is 0 Å². The molecule has 3 aliphatic rings. The highest BCUT2D eigenvalue weighted by atomic mass is 35.5. The zero-order chi connectivity index (χ0) is 25.2. The monoisotopic (exact) mass is 507 g/mol. The molecule has 0 radical (unpaired) electrons. The van der Waals surface area contributed by atoms with Crippen LogP contribution < -0.4 is 10.2 Å². The van der Waals surface area contributed by atoms with Crippen LogP contribution in [0.2, 0.25) is 5.02 Å². The number of aromatic nitrogens is 3. The van der Waals surface area contributed by atoms with Gasteiger partial charge in [-0.1, -0.05) is 23.7 Å². The van der Waals surface area contributed by atoms with Crippen LogP contribution in [-0.2, 0) is 19.0 Å². The lowest BCUT2D eigenvalue weighted by Gasteiger charge is -2.43. The Kier molecular flexibility index (Phi) is 5.50. The van der Waals surface area contributed by atoms with Crippen LogP contribution >= 0.6 is 11.6 Å². The molecule has 2 aromatic carbocycles. The number of nitrogens with zero attached hydrogens (tertiary/aromatic N) is 4. The van der Waals surface area contributed by atoms with Gasteiger partial charge in [-0.25, -0.2) is 4.39 Å². The number of halogens is 2. The summed E-state index contributed by atoms with van der Waals surface area (Å²) in [6.45, 7) is 4.80. The van der Waals surface area contributed by atoms with E-state index in [9.17, 15) is 9.18 Å². The molecule has 2 fully saturated rings. The van der Waals surface area contributed by atoms with Crippen LogP contribution in [0.1, 0.15) is 84.9 Å². The van der Waals surface area contributed by atoms with Crippen molar-refractivity contribution >= 4 is 23.2 Å². The van der Waals surface area contributed by atoms with Crippen LogP contribution in [0.3, 0.4) is 0 Å². The van der Waals surface area contributed by atoms with Crippen LogP contribution in [0.5, 0.6) is 0 Å². The summed E-state index contributed by atoms with van der Waals surface area (Å²) in [7, 11) is 1.88. The summed E-state index contributed by atoms with van der Waals surface area (Å²) in [5.41, 5.74) is 3.88. The smallest absolute Gasteiger partial charge is 0.258 e. The Hall–Kier alpha value is -2.77. The fraction of sp³-hybridized carbons (Fsp3) is 0.464. The molecule has 1 N–H and O–H groups in total. The normalized spacial score (nSPS) is 25.3. The first kappa shape index (κ1) is 23.6. The number of nitrogens with one attached hydrogen (secondary N) is 1. The average Bonchev–Trinajstić information content (AvgIpc) is 3.39. The number of rotatable bonds is 6. The van der Waals surface area contributed by atoms with Crippen LogP contribution in [0.25, 0.3) is 0 Å². The van der Waals surface area contributed by atoms with E-state index < -0.39 is 11.6 Å². The molecule has 2 heterocycles. The first-order valence-corrected chi connectivity index (χ1v) is 13.1. The zero-order valence-corrected chi connectivity index (χ0v) is 21.6. The molecule has 1 aromatic heterocycles. The molecule has 36 heavy (non-hydrogen) atoms. The summed E-state index contributed by atoms with van der Waals surface area (Å²) in [5.74, 6) is 0.691. The Bertz CT molecular complexity index is 1340. The van der Waals surface area contributed by atoms with E-state index >= 15 is 0 Å². The van der Waals surface area contributed by atoms with Gasteiger partial charge in [-0.15, -0.1) is 10.2 Å². The van der Waals surface area contributed by atoms with Crippen molar-refractivity contribution in [3.05, 3.63) is 75.8 Å². The molecule has 3 aromatic rings. The van der Waals surface area contributed by atoms with Gasteiger partial charge in [0.15, 0.2) is 0 Å². The summed E-state index contributed by atoms with van der Waals surface area (Å²) < 4.78 is 16.1. The first-order valence-electron chi connectivity index (χ1n) is 12.7. The van der Waals surface area contributed by atoms with Gasteiger partial charge in [0.05, 0.1) is 12.0 Å². The van der Waals surface area contributed by atoms with Gasteiger partial charge in [-0.3, -0.25) is 4.79 Å². The van der Waals surface area contributed by atoms with E-state index in [1.165, 1.54) is 6.42 Å². The Balaban J connectivity index is 1.30. The molecule has 1 amide bonds. The molecule has 0 unspecified atom stereocenters. The second kappa shape index (κ2) is 8.38. The molecule has 188 valence electrons. The third kappa shape index (κ3) is 3.67. The van der Waals surface area contributed by atoms with Crippen LogP contribution in [0.15, 0.2) is 42.7 Å². The number of fused-ring (bicyclic) bond motifs is 1. The molecule has 2 aliphatic carbocycles. The van der Waals surface area contributed by atoms with Crippen molar-refractivity contribution in [2.24, 2.45) is 7.05 Å². The quantitative estimate of drug-likeness (QED) is 0.469. The van der Waals surface area contributed by atoms with Gasteiger partial charge in [0.2, 0.25) is 0 Å². The molecule has 2 saturated carbocycles. The minimum atomic E-state index is -0.877. The van der Waals surface area contributed by atoms with E-state index in [0.717, 1.165) is 41.0 Å². The van der Waals surface area contributed by atoms with E-state index in [4.69, 9.17) is 11.6 Å². The molecule has 0 saturated heterocycles. The fourth-order valence-corrected chi connectivity index (χ4v) is 6.52. The number of aryl methyl sites for hydroxylation is 1. The molecule has 6 nitrogen and oxygen atoms in total. The largest absolute Gasteiger partial charge is 0.320 e. The maximum atomic E-state index is 14.2. The highest BCUT2D eigenvalue weighted by Gasteiger charge is 2.50. The fourth-order valence-electron chi connectivity index (χ4n) is 6.23. The van der Waals surface area contributed by atoms with E-state index in [1.54, 1.807) is 11.2 Å². The average molecular weight is 508 g/mol. The molecule has 1 aliphatic heterocycles. The first-order chi connectivity index (χ1) is 17.2. The molecular weight excluding hydrogens is 477 g/mol. The van der Waals surface area contributed by atoms with Gasteiger partial charge in [0, 0.05) is 40.5 Å². The predicted molar refractivity (Wildman–Crippen MR) is 138 cm³/mol. The minimum Gasteiger partial charge on any atom is -0.320 e. The molecule has 0 spiro atoms. The van der Waals surface area contributed by atoms with Crippen molar-refractivity contribution in [2.45, 2.75) is 75.7 Å². The van der Waals surface area contributed by atoms with Gasteiger partial charge in [0.25, 0.3) is 5.91 Å². The lowest BCUT2D eigenvalue weighted by Crippen LogP contribution is -2.49. The zero-order valence-electron chi connectivity index (χ0n) is 20.9. The van der Waals surface area contributed by atoms with Gasteiger partial charge in [0.1, 0.15) is 18.3 Å². The van der Waals surface area contributed by atoms with Crippen LogP contribution in [0, 0.1) is 0 Å². The van der Waals surface area contributed by atoms with Crippen molar-refractivity contribution in [3.8, 4) is 0 Å². The number of carbonyl (C=O) groups excluding carboxylic acids is 1. The molecule has 1 atom stereocenters. The molecule has 6 rings (SSSR count). The number of hydrogen-bond acceptors (Lipinski definition) is 4. The van der Waals surface area contributed by atoms with E-state index in [1.807, 2.05) is 48.0 Å². The second-order valence-electron chi connectivity index (χ2n) is 11.1. The highest BCUT2D eigenvalue weighted by molar-refractivity contribution is 6.32. The maximum Gasteiger partial charge on any atom is 0.258 e. The Morgan fingerprint density at radius 3 is 2.64 bits per heavy atom. The van der Waals surface area contributed by atoms with Crippen LogP contribution in [-0.4, -0.2) is 32.4 Å². The predicted octanol–water partition coefficient (Wildman–Crippen LogP) is 5.64. The maximum absolute atomic E-state index is 14.2.